The normalized spacial score (nSPS) is 11.4. The standard InChI is InChI=1S/C9H10BrF2NO3S/c1-13(17(2,14)15)9-7(11)3-6(16-5-10)4-8(9)12/h3-4H,5H2,1-2H3. The van der Waals surface area contributed by atoms with Crippen molar-refractivity contribution in [1.29, 1.82) is 0 Å². The largest absolute Gasteiger partial charge is 0.482 e. The third-order valence-corrected chi connectivity index (χ3v) is 3.43. The number of halogens is 3. The van der Waals surface area contributed by atoms with Gasteiger partial charge in [-0.05, 0) is 15.9 Å². The van der Waals surface area contributed by atoms with Gasteiger partial charge in [-0.3, -0.25) is 4.31 Å². The molecule has 0 spiro atoms. The number of anilines is 1. The lowest BCUT2D eigenvalue weighted by molar-refractivity contribution is 0.391. The highest BCUT2D eigenvalue weighted by atomic mass is 79.9. The topological polar surface area (TPSA) is 46.6 Å². The Balaban J connectivity index is 3.27. The Labute approximate surface area is 106 Å². The molecule has 1 aromatic rings. The van der Waals surface area contributed by atoms with Crippen molar-refractivity contribution in [3.05, 3.63) is 23.8 Å². The maximum atomic E-state index is 13.6. The van der Waals surface area contributed by atoms with Gasteiger partial charge >= 0.3 is 0 Å². The molecule has 0 heterocycles. The Kier molecular flexibility index (Phi) is 4.31. The SMILES string of the molecule is CN(c1c(F)cc(OCBr)cc1F)S(C)(=O)=O. The average Bonchev–Trinajstić information content (AvgIpc) is 2.15. The van der Waals surface area contributed by atoms with Gasteiger partial charge in [0.1, 0.15) is 17.0 Å². The summed E-state index contributed by atoms with van der Waals surface area (Å²) in [5.74, 6) is -2.04. The van der Waals surface area contributed by atoms with Gasteiger partial charge in [0.2, 0.25) is 10.0 Å². The minimum Gasteiger partial charge on any atom is -0.482 e. The van der Waals surface area contributed by atoms with Crippen LogP contribution in [0.15, 0.2) is 12.1 Å². The number of ether oxygens (including phenoxy) is 1. The van der Waals surface area contributed by atoms with E-state index in [4.69, 9.17) is 4.74 Å². The summed E-state index contributed by atoms with van der Waals surface area (Å²) in [6, 6.07) is 1.84. The number of sulfonamides is 1. The molecule has 8 heteroatoms. The molecule has 96 valence electrons. The van der Waals surface area contributed by atoms with E-state index < -0.39 is 27.3 Å². The molecule has 0 atom stereocenters. The third-order valence-electron chi connectivity index (χ3n) is 2.02. The first-order chi connectivity index (χ1) is 7.77. The average molecular weight is 330 g/mol. The predicted octanol–water partition coefficient (Wildman–Crippen LogP) is 2.09. The van der Waals surface area contributed by atoms with Crippen molar-refractivity contribution in [2.75, 3.05) is 23.1 Å². The van der Waals surface area contributed by atoms with Gasteiger partial charge in [0.25, 0.3) is 0 Å². The minimum atomic E-state index is -3.72. The Hall–Kier alpha value is -0.890. The maximum Gasteiger partial charge on any atom is 0.232 e. The fourth-order valence-corrected chi connectivity index (χ4v) is 1.93. The van der Waals surface area contributed by atoms with Crippen molar-refractivity contribution < 1.29 is 21.9 Å². The summed E-state index contributed by atoms with van der Waals surface area (Å²) in [7, 11) is -2.65. The molecule has 0 saturated carbocycles. The summed E-state index contributed by atoms with van der Waals surface area (Å²) in [5.41, 5.74) is -0.554. The summed E-state index contributed by atoms with van der Waals surface area (Å²) in [4.78, 5) is 0. The van der Waals surface area contributed by atoms with Crippen LogP contribution in [0.2, 0.25) is 0 Å². The molecule has 0 unspecified atom stereocenters. The molecule has 17 heavy (non-hydrogen) atoms. The molecule has 4 nitrogen and oxygen atoms in total. The summed E-state index contributed by atoms with van der Waals surface area (Å²) < 4.78 is 54.9. The zero-order valence-electron chi connectivity index (χ0n) is 9.08. The third kappa shape index (κ3) is 3.29. The number of alkyl halides is 1. The van der Waals surface area contributed by atoms with Gasteiger partial charge < -0.3 is 4.74 Å². The van der Waals surface area contributed by atoms with E-state index in [9.17, 15) is 17.2 Å². The van der Waals surface area contributed by atoms with E-state index in [1.807, 2.05) is 0 Å². The van der Waals surface area contributed by atoms with E-state index in [1.165, 1.54) is 0 Å². The van der Waals surface area contributed by atoms with Crippen molar-refractivity contribution >= 4 is 31.6 Å². The lowest BCUT2D eigenvalue weighted by Crippen LogP contribution is -2.26. The summed E-state index contributed by atoms with van der Waals surface area (Å²) in [6.07, 6.45) is 0.856. The second-order valence-electron chi connectivity index (χ2n) is 3.22. The monoisotopic (exact) mass is 329 g/mol. The molecule has 0 aromatic heterocycles. The van der Waals surface area contributed by atoms with Gasteiger partial charge in [-0.25, -0.2) is 17.2 Å². The predicted molar refractivity (Wildman–Crippen MR) is 64.0 cm³/mol. The van der Waals surface area contributed by atoms with Crippen LogP contribution in [0.4, 0.5) is 14.5 Å². The quantitative estimate of drug-likeness (QED) is 0.795. The van der Waals surface area contributed by atoms with Gasteiger partial charge in [-0.1, -0.05) is 0 Å². The van der Waals surface area contributed by atoms with E-state index in [0.717, 1.165) is 25.4 Å². The number of rotatable bonds is 4. The van der Waals surface area contributed by atoms with Crippen LogP contribution in [0.25, 0.3) is 0 Å². The molecule has 0 aliphatic heterocycles. The van der Waals surface area contributed by atoms with E-state index in [-0.39, 0.29) is 11.3 Å². The molecule has 1 rings (SSSR count). The van der Waals surface area contributed by atoms with Crippen LogP contribution in [0.1, 0.15) is 0 Å². The Morgan fingerprint density at radius 2 is 1.82 bits per heavy atom. The zero-order valence-corrected chi connectivity index (χ0v) is 11.5. The lowest BCUT2D eigenvalue weighted by Gasteiger charge is -2.18. The lowest BCUT2D eigenvalue weighted by atomic mass is 10.2. The van der Waals surface area contributed by atoms with E-state index >= 15 is 0 Å². The molecule has 0 saturated heterocycles. The molecule has 0 fully saturated rings. The van der Waals surface area contributed by atoms with Crippen LogP contribution in [-0.4, -0.2) is 27.2 Å². The van der Waals surface area contributed by atoms with E-state index in [2.05, 4.69) is 15.9 Å². The molecule has 0 bridgehead atoms. The summed E-state index contributed by atoms with van der Waals surface area (Å²) >= 11 is 2.94. The van der Waals surface area contributed by atoms with E-state index in [1.54, 1.807) is 0 Å². The van der Waals surface area contributed by atoms with Crippen LogP contribution < -0.4 is 9.04 Å². The molecular weight excluding hydrogens is 320 g/mol. The fourth-order valence-electron chi connectivity index (χ4n) is 1.16. The second kappa shape index (κ2) is 5.18. The van der Waals surface area contributed by atoms with Crippen LogP contribution in [-0.2, 0) is 10.0 Å². The molecule has 1 aromatic carbocycles. The van der Waals surface area contributed by atoms with Gasteiger partial charge in [-0.2, -0.15) is 0 Å². The smallest absolute Gasteiger partial charge is 0.232 e. The first kappa shape index (κ1) is 14.2. The minimum absolute atomic E-state index is 0.0254. The van der Waals surface area contributed by atoms with Crippen molar-refractivity contribution in [2.45, 2.75) is 0 Å². The molecule has 0 N–H and O–H groups in total. The van der Waals surface area contributed by atoms with Gasteiger partial charge in [-0.15, -0.1) is 0 Å². The second-order valence-corrected chi connectivity index (χ2v) is 5.69. The van der Waals surface area contributed by atoms with Crippen molar-refractivity contribution in [1.82, 2.24) is 0 Å². The highest BCUT2D eigenvalue weighted by Crippen LogP contribution is 2.28. The number of benzene rings is 1. The van der Waals surface area contributed by atoms with Crippen molar-refractivity contribution in [3.8, 4) is 5.75 Å². The number of hydrogen-bond acceptors (Lipinski definition) is 3. The van der Waals surface area contributed by atoms with Gasteiger partial charge in [0.15, 0.2) is 11.6 Å². The fraction of sp³-hybridized carbons (Fsp3) is 0.333. The zero-order chi connectivity index (χ0) is 13.2. The van der Waals surface area contributed by atoms with Gasteiger partial charge in [0.05, 0.1) is 6.26 Å². The highest BCUT2D eigenvalue weighted by Gasteiger charge is 2.21. The summed E-state index contributed by atoms with van der Waals surface area (Å²) in [5, 5.41) is 0. The summed E-state index contributed by atoms with van der Waals surface area (Å²) in [6.45, 7) is 0. The Morgan fingerprint density at radius 3 is 2.18 bits per heavy atom. The van der Waals surface area contributed by atoms with Crippen molar-refractivity contribution in [2.24, 2.45) is 0 Å². The molecule has 0 amide bonds. The van der Waals surface area contributed by atoms with Crippen LogP contribution in [0, 0.1) is 11.6 Å². The first-order valence-electron chi connectivity index (χ1n) is 4.39. The van der Waals surface area contributed by atoms with Crippen LogP contribution >= 0.6 is 15.9 Å². The van der Waals surface area contributed by atoms with Crippen LogP contribution in [0.3, 0.4) is 0 Å². The first-order valence-corrected chi connectivity index (χ1v) is 7.36. The van der Waals surface area contributed by atoms with Crippen molar-refractivity contribution in [3.63, 3.8) is 0 Å². The van der Waals surface area contributed by atoms with E-state index in [0.29, 0.717) is 4.31 Å². The Bertz CT molecular complexity index is 498. The molecular formula is C9H10BrF2NO3S. The Morgan fingerprint density at radius 1 is 1.35 bits per heavy atom. The molecule has 0 aliphatic carbocycles. The maximum absolute atomic E-state index is 13.6. The number of nitrogens with zero attached hydrogens (tertiary/aromatic N) is 1. The van der Waals surface area contributed by atoms with Gasteiger partial charge in [0, 0.05) is 19.2 Å². The molecule has 0 radical (unpaired) electrons. The van der Waals surface area contributed by atoms with Crippen LogP contribution in [0.5, 0.6) is 5.75 Å². The molecule has 0 aliphatic rings. The highest BCUT2D eigenvalue weighted by molar-refractivity contribution is 9.09. The number of hydrogen-bond donors (Lipinski definition) is 0.